The number of guanidine groups is 1. The molecular formula is C26H38Cl2N6O4. The van der Waals surface area contributed by atoms with Crippen LogP contribution in [0.2, 0.25) is 10.0 Å². The fraction of sp³-hybridized carbons (Fsp3) is 0.385. The number of carboxylic acids is 1. The number of carboxylic acid groups (broad SMARTS) is 1. The SMILES string of the molecule is CC.CNCc1ccccc1.NC(N)=NCCCC(NC(=O)CN(C=O)Cc1cc(Cl)cc(Cl)c1)C(=O)O. The van der Waals surface area contributed by atoms with Crippen LogP contribution in [0.15, 0.2) is 53.5 Å². The molecule has 0 heterocycles. The van der Waals surface area contributed by atoms with Crippen LogP contribution in [-0.2, 0) is 27.5 Å². The third kappa shape index (κ3) is 16.4. The maximum absolute atomic E-state index is 12.1. The number of hydrogen-bond donors (Lipinski definition) is 5. The number of nitrogens with zero attached hydrogens (tertiary/aromatic N) is 2. The standard InChI is InChI=1S/C16H21Cl2N5O4.C8H11N.C2H6/c17-11-4-10(5-12(18)6-11)7-23(9-24)8-14(25)22-13(15(26)27)2-1-3-21-16(19)20;1-9-7-8-5-3-2-4-6-8;1-2/h4-6,9,13H,1-3,7-8H2,(H,22,25)(H,26,27)(H4,19,20,21);2-6,9H,7H2,1H3;1-2H3. The van der Waals surface area contributed by atoms with Gasteiger partial charge in [-0.25, -0.2) is 4.79 Å². The Hall–Kier alpha value is -3.34. The molecular weight excluding hydrogens is 531 g/mol. The van der Waals surface area contributed by atoms with Gasteiger partial charge in [0.05, 0.1) is 6.54 Å². The molecule has 2 rings (SSSR count). The first-order valence-electron chi connectivity index (χ1n) is 12.0. The van der Waals surface area contributed by atoms with Crippen molar-refractivity contribution in [2.24, 2.45) is 16.5 Å². The Labute approximate surface area is 234 Å². The number of nitrogens with one attached hydrogen (secondary N) is 2. The molecule has 0 saturated carbocycles. The molecule has 0 aliphatic heterocycles. The Kier molecular flexibility index (Phi) is 18.9. The Bertz CT molecular complexity index is 984. The van der Waals surface area contributed by atoms with E-state index in [1.807, 2.05) is 39.1 Å². The van der Waals surface area contributed by atoms with E-state index in [-0.39, 0.29) is 32.0 Å². The van der Waals surface area contributed by atoms with Gasteiger partial charge in [0.15, 0.2) is 5.96 Å². The number of hydrogen-bond acceptors (Lipinski definition) is 5. The Morgan fingerprint density at radius 2 is 1.68 bits per heavy atom. The second kappa shape index (κ2) is 20.7. The van der Waals surface area contributed by atoms with E-state index in [0.717, 1.165) is 6.54 Å². The van der Waals surface area contributed by atoms with Crippen molar-refractivity contribution in [3.63, 3.8) is 0 Å². The van der Waals surface area contributed by atoms with Crippen molar-refractivity contribution >= 4 is 47.4 Å². The van der Waals surface area contributed by atoms with Gasteiger partial charge in [-0.1, -0.05) is 67.4 Å². The van der Waals surface area contributed by atoms with E-state index >= 15 is 0 Å². The molecule has 2 amide bonds. The topological polar surface area (TPSA) is 163 Å². The molecule has 7 N–H and O–H groups in total. The van der Waals surface area contributed by atoms with E-state index in [9.17, 15) is 19.5 Å². The summed E-state index contributed by atoms with van der Waals surface area (Å²) in [6.07, 6.45) is 0.999. The normalized spacial score (nSPS) is 10.4. The average molecular weight is 570 g/mol. The minimum Gasteiger partial charge on any atom is -0.480 e. The van der Waals surface area contributed by atoms with Gasteiger partial charge in [-0.3, -0.25) is 14.6 Å². The highest BCUT2D eigenvalue weighted by molar-refractivity contribution is 6.34. The lowest BCUT2D eigenvalue weighted by Crippen LogP contribution is -2.45. The minimum atomic E-state index is -1.19. The molecule has 1 unspecified atom stereocenters. The smallest absolute Gasteiger partial charge is 0.326 e. The summed E-state index contributed by atoms with van der Waals surface area (Å²) in [7, 11) is 1.95. The zero-order valence-electron chi connectivity index (χ0n) is 22.0. The molecule has 0 aliphatic rings. The first-order valence-corrected chi connectivity index (χ1v) is 12.8. The van der Waals surface area contributed by atoms with Gasteiger partial charge < -0.3 is 32.1 Å². The van der Waals surface area contributed by atoms with Crippen molar-refractivity contribution < 1.29 is 19.5 Å². The first kappa shape index (κ1) is 34.7. The summed E-state index contributed by atoms with van der Waals surface area (Å²) in [6.45, 7) is 4.99. The van der Waals surface area contributed by atoms with Gasteiger partial charge in [-0.05, 0) is 49.2 Å². The summed E-state index contributed by atoms with van der Waals surface area (Å²) in [4.78, 5) is 39.5. The lowest BCUT2D eigenvalue weighted by atomic mass is 10.1. The van der Waals surface area contributed by atoms with Crippen LogP contribution in [0.3, 0.4) is 0 Å². The van der Waals surface area contributed by atoms with Gasteiger partial charge in [0, 0.05) is 29.7 Å². The summed E-state index contributed by atoms with van der Waals surface area (Å²) < 4.78 is 0. The highest BCUT2D eigenvalue weighted by atomic mass is 35.5. The van der Waals surface area contributed by atoms with Crippen molar-refractivity contribution in [3.8, 4) is 0 Å². The summed E-state index contributed by atoms with van der Waals surface area (Å²) in [5, 5.41) is 15.5. The number of aliphatic carboxylic acids is 1. The molecule has 10 nitrogen and oxygen atoms in total. The van der Waals surface area contributed by atoms with Crippen LogP contribution in [0.25, 0.3) is 0 Å². The lowest BCUT2D eigenvalue weighted by Gasteiger charge is -2.19. The van der Waals surface area contributed by atoms with Crippen LogP contribution in [0.5, 0.6) is 0 Å². The van der Waals surface area contributed by atoms with Gasteiger partial charge in [-0.15, -0.1) is 0 Å². The van der Waals surface area contributed by atoms with Gasteiger partial charge in [0.1, 0.15) is 6.04 Å². The molecule has 2 aromatic carbocycles. The zero-order chi connectivity index (χ0) is 28.9. The third-order valence-corrected chi connectivity index (χ3v) is 5.04. The van der Waals surface area contributed by atoms with E-state index in [1.54, 1.807) is 18.2 Å². The monoisotopic (exact) mass is 568 g/mol. The van der Waals surface area contributed by atoms with Crippen LogP contribution in [0.4, 0.5) is 0 Å². The highest BCUT2D eigenvalue weighted by Crippen LogP contribution is 2.19. The first-order chi connectivity index (χ1) is 18.1. The largest absolute Gasteiger partial charge is 0.480 e. The fourth-order valence-corrected chi connectivity index (χ4v) is 3.62. The van der Waals surface area contributed by atoms with Crippen LogP contribution < -0.4 is 22.1 Å². The van der Waals surface area contributed by atoms with Gasteiger partial charge in [-0.2, -0.15) is 0 Å². The van der Waals surface area contributed by atoms with Crippen LogP contribution in [0, 0.1) is 0 Å². The molecule has 0 bridgehead atoms. The molecule has 38 heavy (non-hydrogen) atoms. The second-order valence-electron chi connectivity index (χ2n) is 7.71. The number of aliphatic imine (C=N–C) groups is 1. The number of benzene rings is 2. The molecule has 210 valence electrons. The summed E-state index contributed by atoms with van der Waals surface area (Å²) in [6, 6.07) is 14.0. The molecule has 0 spiro atoms. The average Bonchev–Trinajstić information content (AvgIpc) is 2.87. The molecule has 1 atom stereocenters. The highest BCUT2D eigenvalue weighted by Gasteiger charge is 2.20. The number of carbonyl (C=O) groups excluding carboxylic acids is 2. The summed E-state index contributed by atoms with van der Waals surface area (Å²) in [5.74, 6) is -1.88. The van der Waals surface area contributed by atoms with Crippen LogP contribution >= 0.6 is 23.2 Å². The van der Waals surface area contributed by atoms with E-state index in [0.29, 0.717) is 28.4 Å². The van der Waals surface area contributed by atoms with Crippen molar-refractivity contribution in [2.45, 2.75) is 45.8 Å². The predicted molar refractivity (Wildman–Crippen MR) is 153 cm³/mol. The van der Waals surface area contributed by atoms with E-state index in [2.05, 4.69) is 27.8 Å². The Balaban J connectivity index is 0.00000103. The zero-order valence-corrected chi connectivity index (χ0v) is 23.5. The summed E-state index contributed by atoms with van der Waals surface area (Å²) >= 11 is 11.8. The van der Waals surface area contributed by atoms with Crippen molar-refractivity contribution in [1.82, 2.24) is 15.5 Å². The maximum Gasteiger partial charge on any atom is 0.326 e. The third-order valence-electron chi connectivity index (χ3n) is 4.61. The minimum absolute atomic E-state index is 0.0892. The Morgan fingerprint density at radius 1 is 1.08 bits per heavy atom. The van der Waals surface area contributed by atoms with E-state index in [1.165, 1.54) is 10.5 Å². The molecule has 2 aromatic rings. The predicted octanol–water partition coefficient (Wildman–Crippen LogP) is 3.01. The van der Waals surface area contributed by atoms with Gasteiger partial charge in [0.25, 0.3) is 0 Å². The molecule has 0 aliphatic carbocycles. The quantitative estimate of drug-likeness (QED) is 0.107. The maximum atomic E-state index is 12.1. The molecule has 0 radical (unpaired) electrons. The molecule has 12 heteroatoms. The number of carbonyl (C=O) groups is 3. The van der Waals surface area contributed by atoms with E-state index < -0.39 is 17.9 Å². The van der Waals surface area contributed by atoms with Crippen molar-refractivity contribution in [2.75, 3.05) is 20.1 Å². The number of amides is 2. The van der Waals surface area contributed by atoms with Gasteiger partial charge >= 0.3 is 5.97 Å². The van der Waals surface area contributed by atoms with Crippen molar-refractivity contribution in [3.05, 3.63) is 69.7 Å². The number of rotatable bonds is 13. The van der Waals surface area contributed by atoms with Crippen molar-refractivity contribution in [1.29, 1.82) is 0 Å². The Morgan fingerprint density at radius 3 is 2.18 bits per heavy atom. The second-order valence-corrected chi connectivity index (χ2v) is 8.58. The number of nitrogens with two attached hydrogens (primary N) is 2. The fourth-order valence-electron chi connectivity index (χ4n) is 3.05. The van der Waals surface area contributed by atoms with Crippen LogP contribution in [0.1, 0.15) is 37.8 Å². The van der Waals surface area contributed by atoms with E-state index in [4.69, 9.17) is 34.7 Å². The van der Waals surface area contributed by atoms with Gasteiger partial charge in [0.2, 0.25) is 12.3 Å². The molecule has 0 fully saturated rings. The lowest BCUT2D eigenvalue weighted by molar-refractivity contribution is -0.142. The summed E-state index contributed by atoms with van der Waals surface area (Å²) in [5.41, 5.74) is 12.3. The number of halogens is 2. The molecule has 0 saturated heterocycles. The molecule has 0 aromatic heterocycles. The van der Waals surface area contributed by atoms with Crippen LogP contribution in [-0.4, -0.2) is 60.4 Å².